The Bertz CT molecular complexity index is 508. The van der Waals surface area contributed by atoms with Gasteiger partial charge in [-0.3, -0.25) is 0 Å². The topological polar surface area (TPSA) is 56.5 Å². The van der Waals surface area contributed by atoms with E-state index in [4.69, 9.17) is 14.0 Å². The van der Waals surface area contributed by atoms with Crippen LogP contribution < -0.4 is 14.8 Å². The van der Waals surface area contributed by atoms with Crippen LogP contribution in [0.4, 0.5) is 0 Å². The van der Waals surface area contributed by atoms with E-state index >= 15 is 0 Å². The summed E-state index contributed by atoms with van der Waals surface area (Å²) in [5.74, 6) is 2.34. The first-order valence-electron chi connectivity index (χ1n) is 6.76. The van der Waals surface area contributed by atoms with Gasteiger partial charge < -0.3 is 19.3 Å². The van der Waals surface area contributed by atoms with Gasteiger partial charge in [0.15, 0.2) is 5.76 Å². The zero-order chi connectivity index (χ0) is 14.2. The summed E-state index contributed by atoms with van der Waals surface area (Å²) >= 11 is 0. The summed E-state index contributed by atoms with van der Waals surface area (Å²) in [5.41, 5.74) is 0.870. The predicted molar refractivity (Wildman–Crippen MR) is 75.8 cm³/mol. The smallest absolute Gasteiger partial charge is 0.174 e. The van der Waals surface area contributed by atoms with Gasteiger partial charge >= 0.3 is 0 Å². The van der Waals surface area contributed by atoms with Gasteiger partial charge in [0.2, 0.25) is 0 Å². The van der Waals surface area contributed by atoms with Crippen molar-refractivity contribution in [2.45, 2.75) is 26.5 Å². The number of nitrogens with zero attached hydrogens (tertiary/aromatic N) is 1. The average Bonchev–Trinajstić information content (AvgIpc) is 2.92. The Morgan fingerprint density at radius 2 is 1.85 bits per heavy atom. The maximum Gasteiger partial charge on any atom is 0.174 e. The lowest BCUT2D eigenvalue weighted by atomic mass is 10.3. The highest BCUT2D eigenvalue weighted by atomic mass is 16.5. The van der Waals surface area contributed by atoms with Crippen LogP contribution in [0.1, 0.15) is 24.8 Å². The van der Waals surface area contributed by atoms with E-state index in [1.165, 1.54) is 0 Å². The number of benzene rings is 1. The summed E-state index contributed by atoms with van der Waals surface area (Å²) in [4.78, 5) is 0. The van der Waals surface area contributed by atoms with Gasteiger partial charge in [-0.25, -0.2) is 0 Å². The number of nitrogens with one attached hydrogen (secondary N) is 1. The Morgan fingerprint density at radius 1 is 1.15 bits per heavy atom. The largest absolute Gasteiger partial charge is 0.494 e. The van der Waals surface area contributed by atoms with Crippen molar-refractivity contribution in [3.05, 3.63) is 41.8 Å². The third kappa shape index (κ3) is 4.28. The minimum atomic E-state index is 0.367. The van der Waals surface area contributed by atoms with Gasteiger partial charge in [0, 0.05) is 12.6 Å². The zero-order valence-corrected chi connectivity index (χ0v) is 11.9. The van der Waals surface area contributed by atoms with Crippen molar-refractivity contribution in [2.75, 3.05) is 13.7 Å². The molecule has 20 heavy (non-hydrogen) atoms. The van der Waals surface area contributed by atoms with E-state index in [-0.39, 0.29) is 0 Å². The van der Waals surface area contributed by atoms with Crippen LogP contribution in [0.2, 0.25) is 0 Å². The molecular formula is C15H20N2O3. The van der Waals surface area contributed by atoms with Crippen LogP contribution in [0.3, 0.4) is 0 Å². The predicted octanol–water partition coefficient (Wildman–Crippen LogP) is 2.76. The van der Waals surface area contributed by atoms with Gasteiger partial charge in [-0.05, 0) is 37.7 Å². The SMILES string of the molecule is CCCOc1ccc(OCc2cc(CNC)no2)cc1. The van der Waals surface area contributed by atoms with Crippen LogP contribution in [0.15, 0.2) is 34.9 Å². The molecule has 1 aromatic carbocycles. The normalized spacial score (nSPS) is 10.5. The van der Waals surface area contributed by atoms with E-state index in [9.17, 15) is 0 Å². The summed E-state index contributed by atoms with van der Waals surface area (Å²) in [6.07, 6.45) is 0.999. The highest BCUT2D eigenvalue weighted by Gasteiger charge is 2.04. The molecule has 5 nitrogen and oxygen atoms in total. The lowest BCUT2D eigenvalue weighted by Gasteiger charge is -2.06. The van der Waals surface area contributed by atoms with Gasteiger partial charge in [-0.15, -0.1) is 0 Å². The molecule has 1 heterocycles. The van der Waals surface area contributed by atoms with Gasteiger partial charge in [-0.2, -0.15) is 0 Å². The molecule has 5 heteroatoms. The maximum atomic E-state index is 5.63. The number of rotatable bonds is 8. The summed E-state index contributed by atoms with van der Waals surface area (Å²) in [6.45, 7) is 3.86. The monoisotopic (exact) mass is 276 g/mol. The lowest BCUT2D eigenvalue weighted by Crippen LogP contribution is -2.04. The fourth-order valence-electron chi connectivity index (χ4n) is 1.69. The maximum absolute atomic E-state index is 5.63. The minimum Gasteiger partial charge on any atom is -0.494 e. The van der Waals surface area contributed by atoms with Crippen LogP contribution in [0, 0.1) is 0 Å². The fraction of sp³-hybridized carbons (Fsp3) is 0.400. The molecule has 0 aliphatic heterocycles. The van der Waals surface area contributed by atoms with Crippen molar-refractivity contribution in [1.82, 2.24) is 10.5 Å². The van der Waals surface area contributed by atoms with Crippen molar-refractivity contribution < 1.29 is 14.0 Å². The average molecular weight is 276 g/mol. The number of hydrogen-bond donors (Lipinski definition) is 1. The molecule has 0 bridgehead atoms. The zero-order valence-electron chi connectivity index (χ0n) is 11.9. The van der Waals surface area contributed by atoms with E-state index in [0.717, 1.165) is 30.2 Å². The summed E-state index contributed by atoms with van der Waals surface area (Å²) in [7, 11) is 1.87. The molecule has 0 amide bonds. The number of aromatic nitrogens is 1. The van der Waals surface area contributed by atoms with Gasteiger partial charge in [0.1, 0.15) is 18.1 Å². The van der Waals surface area contributed by atoms with Gasteiger partial charge in [0.05, 0.1) is 12.3 Å². The molecule has 0 atom stereocenters. The van der Waals surface area contributed by atoms with Crippen LogP contribution in [0.25, 0.3) is 0 Å². The highest BCUT2D eigenvalue weighted by Crippen LogP contribution is 2.19. The minimum absolute atomic E-state index is 0.367. The summed E-state index contributed by atoms with van der Waals surface area (Å²) in [5, 5.41) is 6.95. The van der Waals surface area contributed by atoms with Gasteiger partial charge in [0.25, 0.3) is 0 Å². The standard InChI is InChI=1S/C15H20N2O3/c1-3-8-18-13-4-6-14(7-5-13)19-11-15-9-12(10-16-2)17-20-15/h4-7,9,16H,3,8,10-11H2,1-2H3. The Labute approximate surface area is 118 Å². The van der Waals surface area contributed by atoms with Gasteiger partial charge in [-0.1, -0.05) is 12.1 Å². The molecule has 1 aromatic heterocycles. The highest BCUT2D eigenvalue weighted by molar-refractivity contribution is 5.31. The van der Waals surface area contributed by atoms with E-state index < -0.39 is 0 Å². The first-order chi connectivity index (χ1) is 9.81. The van der Waals surface area contributed by atoms with Crippen molar-refractivity contribution >= 4 is 0 Å². The summed E-state index contributed by atoms with van der Waals surface area (Å²) in [6, 6.07) is 9.45. The second-order valence-electron chi connectivity index (χ2n) is 4.42. The van der Waals surface area contributed by atoms with Crippen molar-refractivity contribution in [1.29, 1.82) is 0 Å². The van der Waals surface area contributed by atoms with E-state index in [1.54, 1.807) is 0 Å². The van der Waals surface area contributed by atoms with Crippen molar-refractivity contribution in [2.24, 2.45) is 0 Å². The first-order valence-corrected chi connectivity index (χ1v) is 6.76. The van der Waals surface area contributed by atoms with E-state index in [1.807, 2.05) is 37.4 Å². The van der Waals surface area contributed by atoms with Crippen LogP contribution >= 0.6 is 0 Å². The Kier molecular flexibility index (Phi) is 5.43. The molecule has 0 aliphatic carbocycles. The third-order valence-corrected chi connectivity index (χ3v) is 2.64. The molecule has 0 saturated carbocycles. The van der Waals surface area contributed by atoms with Crippen LogP contribution in [-0.2, 0) is 13.2 Å². The van der Waals surface area contributed by atoms with E-state index in [2.05, 4.69) is 17.4 Å². The Hall–Kier alpha value is -2.01. The molecule has 2 aromatic rings. The van der Waals surface area contributed by atoms with E-state index in [0.29, 0.717) is 18.9 Å². The Balaban J connectivity index is 1.83. The molecule has 0 saturated heterocycles. The lowest BCUT2D eigenvalue weighted by molar-refractivity contribution is 0.248. The molecule has 2 rings (SSSR count). The fourth-order valence-corrected chi connectivity index (χ4v) is 1.69. The first kappa shape index (κ1) is 14.4. The Morgan fingerprint density at radius 3 is 2.50 bits per heavy atom. The van der Waals surface area contributed by atoms with Crippen molar-refractivity contribution in [3.8, 4) is 11.5 Å². The molecule has 108 valence electrons. The number of hydrogen-bond acceptors (Lipinski definition) is 5. The number of ether oxygens (including phenoxy) is 2. The van der Waals surface area contributed by atoms with Crippen LogP contribution in [0.5, 0.6) is 11.5 Å². The molecule has 1 N–H and O–H groups in total. The summed E-state index contributed by atoms with van der Waals surface area (Å²) < 4.78 is 16.3. The third-order valence-electron chi connectivity index (χ3n) is 2.64. The second kappa shape index (κ2) is 7.55. The van der Waals surface area contributed by atoms with Crippen molar-refractivity contribution in [3.63, 3.8) is 0 Å². The quantitative estimate of drug-likeness (QED) is 0.803. The molecule has 0 spiro atoms. The molecule has 0 fully saturated rings. The molecule has 0 unspecified atom stereocenters. The molecule has 0 aliphatic rings. The molecular weight excluding hydrogens is 256 g/mol. The van der Waals surface area contributed by atoms with Crippen LogP contribution in [-0.4, -0.2) is 18.8 Å². The molecule has 0 radical (unpaired) electrons. The second-order valence-corrected chi connectivity index (χ2v) is 4.42.